The fraction of sp³-hybridized carbons (Fsp3) is 0.160. The van der Waals surface area contributed by atoms with E-state index < -0.39 is 0 Å². The number of nitrogens with one attached hydrogen (secondary N) is 1. The lowest BCUT2D eigenvalue weighted by molar-refractivity contribution is 0.776. The highest BCUT2D eigenvalue weighted by atomic mass is 15.4. The number of hydrogen-bond donors (Lipinski definition) is 1. The number of nitrogens with zero attached hydrogens (tertiary/aromatic N) is 7. The molecule has 0 unspecified atom stereocenters. The minimum Gasteiger partial charge on any atom is -0.351 e. The fourth-order valence-electron chi connectivity index (χ4n) is 3.73. The van der Waals surface area contributed by atoms with Crippen molar-refractivity contribution in [2.24, 2.45) is 0 Å². The molecule has 0 saturated carbocycles. The molecule has 0 aliphatic carbocycles. The van der Waals surface area contributed by atoms with Gasteiger partial charge in [-0.15, -0.1) is 0 Å². The molecule has 5 rings (SSSR count). The van der Waals surface area contributed by atoms with Crippen LogP contribution < -0.4 is 10.2 Å². The number of benzene rings is 2. The maximum Gasteiger partial charge on any atom is 0.234 e. The minimum atomic E-state index is 0.175. The first-order valence-corrected chi connectivity index (χ1v) is 10.8. The Bertz CT molecular complexity index is 1350. The Morgan fingerprint density at radius 3 is 2.48 bits per heavy atom. The SMILES string of the molecule is C[C@@H](Cc1ccccc1)Nc1nccc(N(C)c2nc(-c3ccccc3)cc3ncnn23)n1. The number of rotatable bonds is 7. The van der Waals surface area contributed by atoms with Gasteiger partial charge in [-0.25, -0.2) is 15.0 Å². The van der Waals surface area contributed by atoms with E-state index in [0.717, 1.165) is 23.3 Å². The number of aromatic nitrogens is 6. The van der Waals surface area contributed by atoms with Gasteiger partial charge in [-0.05, 0) is 25.0 Å². The second-order valence-corrected chi connectivity index (χ2v) is 7.87. The molecule has 1 N–H and O–H groups in total. The van der Waals surface area contributed by atoms with Crippen molar-refractivity contribution in [1.82, 2.24) is 29.5 Å². The third-order valence-corrected chi connectivity index (χ3v) is 5.36. The van der Waals surface area contributed by atoms with Crippen LogP contribution in [0, 0.1) is 0 Å². The van der Waals surface area contributed by atoms with Crippen molar-refractivity contribution in [3.63, 3.8) is 0 Å². The van der Waals surface area contributed by atoms with Crippen molar-refractivity contribution in [3.8, 4) is 11.3 Å². The lowest BCUT2D eigenvalue weighted by Gasteiger charge is -2.20. The predicted octanol–water partition coefficient (Wildman–Crippen LogP) is 4.39. The average Bonchev–Trinajstić information content (AvgIpc) is 3.33. The van der Waals surface area contributed by atoms with Crippen LogP contribution >= 0.6 is 0 Å². The summed E-state index contributed by atoms with van der Waals surface area (Å²) in [6.45, 7) is 2.12. The Labute approximate surface area is 192 Å². The molecule has 0 amide bonds. The lowest BCUT2D eigenvalue weighted by atomic mass is 10.1. The normalized spacial score (nSPS) is 11.9. The zero-order chi connectivity index (χ0) is 22.6. The standard InChI is InChI=1S/C25H24N8/c1-18(15-19-9-5-3-6-10-19)29-24-26-14-13-22(31-24)32(2)25-30-21(20-11-7-4-8-12-20)16-23-27-17-28-33(23)25/h3-14,16-18H,15H2,1-2H3,(H,26,29,31)/t18-/m0/s1. The molecule has 0 radical (unpaired) electrons. The van der Waals surface area contributed by atoms with Crippen LogP contribution in [0.4, 0.5) is 17.7 Å². The van der Waals surface area contributed by atoms with E-state index in [-0.39, 0.29) is 6.04 Å². The molecule has 5 aromatic rings. The molecule has 0 bridgehead atoms. The molecule has 0 aliphatic rings. The molecular formula is C25H24N8. The Morgan fingerprint density at radius 2 is 1.70 bits per heavy atom. The summed E-state index contributed by atoms with van der Waals surface area (Å²) in [4.78, 5) is 20.3. The van der Waals surface area contributed by atoms with Gasteiger partial charge in [0.1, 0.15) is 12.1 Å². The Balaban J connectivity index is 1.43. The van der Waals surface area contributed by atoms with Crippen LogP contribution in [-0.4, -0.2) is 42.6 Å². The van der Waals surface area contributed by atoms with Crippen LogP contribution in [0.5, 0.6) is 0 Å². The summed E-state index contributed by atoms with van der Waals surface area (Å²) in [6.07, 6.45) is 4.15. The molecule has 3 aromatic heterocycles. The highest BCUT2D eigenvalue weighted by Crippen LogP contribution is 2.25. The molecule has 0 fully saturated rings. The van der Waals surface area contributed by atoms with Gasteiger partial charge in [0.25, 0.3) is 0 Å². The molecular weight excluding hydrogens is 412 g/mol. The molecule has 0 saturated heterocycles. The topological polar surface area (TPSA) is 84.1 Å². The summed E-state index contributed by atoms with van der Waals surface area (Å²) in [6, 6.07) is 24.4. The number of fused-ring (bicyclic) bond motifs is 1. The first-order chi connectivity index (χ1) is 16.2. The lowest BCUT2D eigenvalue weighted by Crippen LogP contribution is -2.22. The van der Waals surface area contributed by atoms with Gasteiger partial charge in [-0.1, -0.05) is 60.7 Å². The second-order valence-electron chi connectivity index (χ2n) is 7.87. The molecule has 1 atom stereocenters. The average molecular weight is 437 g/mol. The zero-order valence-corrected chi connectivity index (χ0v) is 18.5. The number of hydrogen-bond acceptors (Lipinski definition) is 7. The monoisotopic (exact) mass is 436 g/mol. The Hall–Kier alpha value is -4.33. The van der Waals surface area contributed by atoms with Crippen molar-refractivity contribution in [2.45, 2.75) is 19.4 Å². The van der Waals surface area contributed by atoms with Crippen LogP contribution in [0.25, 0.3) is 16.9 Å². The van der Waals surface area contributed by atoms with Crippen LogP contribution in [0.3, 0.4) is 0 Å². The second kappa shape index (κ2) is 9.04. The number of anilines is 3. The van der Waals surface area contributed by atoms with Gasteiger partial charge in [-0.2, -0.15) is 14.6 Å². The van der Waals surface area contributed by atoms with E-state index in [1.54, 1.807) is 10.7 Å². The van der Waals surface area contributed by atoms with Gasteiger partial charge in [0.15, 0.2) is 5.65 Å². The summed E-state index contributed by atoms with van der Waals surface area (Å²) in [5.74, 6) is 1.89. The van der Waals surface area contributed by atoms with E-state index >= 15 is 0 Å². The first-order valence-electron chi connectivity index (χ1n) is 10.8. The molecule has 0 aliphatic heterocycles. The van der Waals surface area contributed by atoms with Crippen molar-refractivity contribution in [3.05, 3.63) is 90.9 Å². The van der Waals surface area contributed by atoms with E-state index in [1.165, 1.54) is 11.9 Å². The van der Waals surface area contributed by atoms with Crippen LogP contribution in [0.1, 0.15) is 12.5 Å². The quantitative estimate of drug-likeness (QED) is 0.405. The molecule has 2 aromatic carbocycles. The van der Waals surface area contributed by atoms with Crippen LogP contribution in [-0.2, 0) is 6.42 Å². The highest BCUT2D eigenvalue weighted by Gasteiger charge is 2.16. The molecule has 8 heteroatoms. The van der Waals surface area contributed by atoms with Crippen molar-refractivity contribution in [1.29, 1.82) is 0 Å². The van der Waals surface area contributed by atoms with Gasteiger partial charge in [0.2, 0.25) is 11.9 Å². The van der Waals surface area contributed by atoms with Crippen molar-refractivity contribution >= 4 is 23.4 Å². The van der Waals surface area contributed by atoms with Gasteiger partial charge in [-0.3, -0.25) is 4.90 Å². The van der Waals surface area contributed by atoms with E-state index in [9.17, 15) is 0 Å². The van der Waals surface area contributed by atoms with Crippen LogP contribution in [0.15, 0.2) is 85.3 Å². The largest absolute Gasteiger partial charge is 0.351 e. The van der Waals surface area contributed by atoms with Crippen molar-refractivity contribution < 1.29 is 0 Å². The zero-order valence-electron chi connectivity index (χ0n) is 18.5. The smallest absolute Gasteiger partial charge is 0.234 e. The van der Waals surface area contributed by atoms with Gasteiger partial charge in [0.05, 0.1) is 5.69 Å². The maximum absolute atomic E-state index is 4.87. The highest BCUT2D eigenvalue weighted by molar-refractivity contribution is 5.67. The van der Waals surface area contributed by atoms with Crippen LogP contribution in [0.2, 0.25) is 0 Å². The fourth-order valence-corrected chi connectivity index (χ4v) is 3.73. The first kappa shape index (κ1) is 20.6. The summed E-state index contributed by atoms with van der Waals surface area (Å²) < 4.78 is 1.71. The van der Waals surface area contributed by atoms with Gasteiger partial charge < -0.3 is 5.32 Å². The predicted molar refractivity (Wildman–Crippen MR) is 130 cm³/mol. The summed E-state index contributed by atoms with van der Waals surface area (Å²) in [7, 11) is 1.91. The summed E-state index contributed by atoms with van der Waals surface area (Å²) >= 11 is 0. The molecule has 8 nitrogen and oxygen atoms in total. The summed E-state index contributed by atoms with van der Waals surface area (Å²) in [5.41, 5.74) is 3.81. The Kier molecular flexibility index (Phi) is 5.63. The van der Waals surface area contributed by atoms with E-state index in [1.807, 2.05) is 60.5 Å². The Morgan fingerprint density at radius 1 is 0.939 bits per heavy atom. The minimum absolute atomic E-state index is 0.175. The van der Waals surface area contributed by atoms with E-state index in [2.05, 4.69) is 51.6 Å². The summed E-state index contributed by atoms with van der Waals surface area (Å²) in [5, 5.41) is 7.76. The molecule has 0 spiro atoms. The van der Waals surface area contributed by atoms with Gasteiger partial charge >= 0.3 is 0 Å². The van der Waals surface area contributed by atoms with E-state index in [4.69, 9.17) is 9.97 Å². The van der Waals surface area contributed by atoms with Crippen molar-refractivity contribution in [2.75, 3.05) is 17.3 Å². The maximum atomic E-state index is 4.87. The van der Waals surface area contributed by atoms with E-state index in [0.29, 0.717) is 17.7 Å². The third-order valence-electron chi connectivity index (χ3n) is 5.36. The third kappa shape index (κ3) is 4.50. The molecule has 164 valence electrons. The van der Waals surface area contributed by atoms with Gasteiger partial charge in [0, 0.05) is 30.9 Å². The molecule has 3 heterocycles. The molecule has 33 heavy (non-hydrogen) atoms.